The van der Waals surface area contributed by atoms with Crippen LogP contribution in [0, 0.1) is 0 Å². The van der Waals surface area contributed by atoms with Crippen molar-refractivity contribution in [2.75, 3.05) is 13.1 Å². The van der Waals surface area contributed by atoms with E-state index < -0.39 is 20.5 Å². The van der Waals surface area contributed by atoms with E-state index in [4.69, 9.17) is 0 Å². The van der Waals surface area contributed by atoms with Crippen LogP contribution in [0.5, 0.6) is 0 Å². The predicted octanol–water partition coefficient (Wildman–Crippen LogP) is 4.30. The largest absolute Gasteiger partial charge is 0.300 e. The molecule has 2 N–H and O–H groups in total. The molecule has 3 aromatic rings. The Morgan fingerprint density at radius 2 is 1.26 bits per heavy atom. The van der Waals surface area contributed by atoms with E-state index in [2.05, 4.69) is 17.0 Å². The molecule has 2 aliphatic rings. The Balaban J connectivity index is 1.39. The molecule has 1 aliphatic heterocycles. The lowest BCUT2D eigenvalue weighted by Gasteiger charge is -2.39. The van der Waals surface area contributed by atoms with Crippen LogP contribution in [-0.2, 0) is 14.6 Å². The van der Waals surface area contributed by atoms with Gasteiger partial charge in [0.1, 0.15) is 0 Å². The molecule has 34 heavy (non-hydrogen) atoms. The quantitative estimate of drug-likeness (QED) is 0.409. The molecule has 0 unspecified atom stereocenters. The Morgan fingerprint density at radius 3 is 1.74 bits per heavy atom. The molecule has 7 heteroatoms. The number of nitrogens with zero attached hydrogens (tertiary/aromatic N) is 1. The Kier molecular flexibility index (Phi) is 6.02. The molecule has 176 valence electrons. The third kappa shape index (κ3) is 4.04. The molecule has 0 radical (unpaired) electrons. The number of benzene rings is 3. The van der Waals surface area contributed by atoms with Crippen molar-refractivity contribution in [1.29, 1.82) is 0 Å². The van der Waals surface area contributed by atoms with Gasteiger partial charge in [0.15, 0.2) is 14.6 Å². The van der Waals surface area contributed by atoms with Crippen LogP contribution in [0.25, 0.3) is 22.3 Å². The molecule has 0 aromatic heterocycles. The van der Waals surface area contributed by atoms with Crippen molar-refractivity contribution in [1.82, 2.24) is 10.4 Å². The molecule has 0 atom stereocenters. The Morgan fingerprint density at radius 1 is 0.794 bits per heavy atom. The normalized spacial score (nSPS) is 18.4. The van der Waals surface area contributed by atoms with Gasteiger partial charge >= 0.3 is 0 Å². The Bertz CT molecular complexity index is 1260. The highest BCUT2D eigenvalue weighted by Gasteiger charge is 2.53. The summed E-state index contributed by atoms with van der Waals surface area (Å²) in [7, 11) is -4.00. The predicted molar refractivity (Wildman–Crippen MR) is 131 cm³/mol. The van der Waals surface area contributed by atoms with Crippen molar-refractivity contribution in [3.8, 4) is 22.3 Å². The summed E-state index contributed by atoms with van der Waals surface area (Å²) in [5.41, 5.74) is 5.74. The number of carbonyl (C=O) groups excluding carboxylic acids is 1. The molecule has 3 aromatic carbocycles. The van der Waals surface area contributed by atoms with Gasteiger partial charge in [-0.3, -0.25) is 10.0 Å². The molecule has 1 saturated heterocycles. The minimum atomic E-state index is -4.00. The van der Waals surface area contributed by atoms with Gasteiger partial charge in [-0.15, -0.1) is 0 Å². The standard InChI is InChI=1S/C27H28N2O4S/c30-26(28-31)27(16-18-29(19-17-27)24-12-13-24)34(32,33)25-14-10-23(11-15-25)22-8-6-21(7-9-22)20-4-2-1-3-5-20/h1-11,14-15,24,31H,12-13,16-19H2,(H,28,30). The van der Waals surface area contributed by atoms with Crippen LogP contribution in [0.15, 0.2) is 83.8 Å². The van der Waals surface area contributed by atoms with Gasteiger partial charge in [0.2, 0.25) is 0 Å². The number of amides is 1. The van der Waals surface area contributed by atoms with Crippen LogP contribution in [-0.4, -0.2) is 48.3 Å². The lowest BCUT2D eigenvalue weighted by atomic mass is 9.94. The third-order valence-electron chi connectivity index (χ3n) is 7.19. The molecule has 6 nitrogen and oxygen atoms in total. The van der Waals surface area contributed by atoms with Crippen LogP contribution >= 0.6 is 0 Å². The fourth-order valence-corrected chi connectivity index (χ4v) is 6.90. The summed E-state index contributed by atoms with van der Waals surface area (Å²) < 4.78 is 25.7. The van der Waals surface area contributed by atoms with E-state index in [-0.39, 0.29) is 17.7 Å². The maximum Gasteiger partial charge on any atom is 0.265 e. The van der Waals surface area contributed by atoms with Gasteiger partial charge in [-0.1, -0.05) is 66.7 Å². The highest BCUT2D eigenvalue weighted by atomic mass is 32.2. The van der Waals surface area contributed by atoms with Crippen molar-refractivity contribution in [2.24, 2.45) is 0 Å². The van der Waals surface area contributed by atoms with Crippen LogP contribution < -0.4 is 5.48 Å². The third-order valence-corrected chi connectivity index (χ3v) is 9.70. The van der Waals surface area contributed by atoms with E-state index in [1.807, 2.05) is 42.5 Å². The first-order chi connectivity index (χ1) is 16.4. The molecule has 1 saturated carbocycles. The molecule has 0 spiro atoms. The summed E-state index contributed by atoms with van der Waals surface area (Å²) in [5.74, 6) is -0.844. The number of piperidine rings is 1. The van der Waals surface area contributed by atoms with Gasteiger partial charge in [0.25, 0.3) is 5.91 Å². The smallest absolute Gasteiger partial charge is 0.265 e. The molecule has 1 amide bonds. The monoisotopic (exact) mass is 476 g/mol. The van der Waals surface area contributed by atoms with Crippen LogP contribution in [0.3, 0.4) is 0 Å². The number of likely N-dealkylation sites (tertiary alicyclic amines) is 1. The number of sulfone groups is 1. The summed E-state index contributed by atoms with van der Waals surface area (Å²) >= 11 is 0. The van der Waals surface area contributed by atoms with E-state index in [9.17, 15) is 18.4 Å². The molecule has 1 heterocycles. The number of hydrogen-bond acceptors (Lipinski definition) is 5. The maximum absolute atomic E-state index is 13.7. The minimum absolute atomic E-state index is 0.0978. The fraction of sp³-hybridized carbons (Fsp3) is 0.296. The summed E-state index contributed by atoms with van der Waals surface area (Å²) in [5, 5.41) is 9.37. The highest BCUT2D eigenvalue weighted by molar-refractivity contribution is 7.93. The second-order valence-electron chi connectivity index (χ2n) is 9.17. The number of carbonyl (C=O) groups is 1. The topological polar surface area (TPSA) is 86.7 Å². The highest BCUT2D eigenvalue weighted by Crippen LogP contribution is 2.39. The number of nitrogens with one attached hydrogen (secondary N) is 1. The van der Waals surface area contributed by atoms with Gasteiger partial charge in [-0.2, -0.15) is 0 Å². The van der Waals surface area contributed by atoms with Crippen molar-refractivity contribution in [3.05, 3.63) is 78.9 Å². The Labute approximate surface area is 200 Å². The Hall–Kier alpha value is -3.00. The van der Waals surface area contributed by atoms with Crippen LogP contribution in [0.1, 0.15) is 25.7 Å². The first-order valence-corrected chi connectivity index (χ1v) is 13.1. The van der Waals surface area contributed by atoms with Crippen LogP contribution in [0.2, 0.25) is 0 Å². The van der Waals surface area contributed by atoms with E-state index in [1.165, 1.54) is 0 Å². The first kappa shape index (κ1) is 22.8. The van der Waals surface area contributed by atoms with Crippen molar-refractivity contribution in [3.63, 3.8) is 0 Å². The van der Waals surface area contributed by atoms with Gasteiger partial charge in [0, 0.05) is 19.1 Å². The molecular formula is C27H28N2O4S. The summed E-state index contributed by atoms with van der Waals surface area (Å²) in [4.78, 5) is 15.0. The van der Waals surface area contributed by atoms with E-state index in [0.29, 0.717) is 19.1 Å². The molecule has 0 bridgehead atoms. The zero-order chi connectivity index (χ0) is 23.8. The average molecular weight is 477 g/mol. The van der Waals surface area contributed by atoms with Crippen molar-refractivity contribution < 1.29 is 18.4 Å². The van der Waals surface area contributed by atoms with Gasteiger partial charge in [0.05, 0.1) is 4.90 Å². The van der Waals surface area contributed by atoms with Crippen molar-refractivity contribution >= 4 is 15.7 Å². The molecular weight excluding hydrogens is 448 g/mol. The number of hydrogen-bond donors (Lipinski definition) is 2. The zero-order valence-electron chi connectivity index (χ0n) is 18.9. The van der Waals surface area contributed by atoms with Crippen LogP contribution in [0.4, 0.5) is 0 Å². The fourth-order valence-electron chi connectivity index (χ4n) is 4.95. The van der Waals surface area contributed by atoms with Gasteiger partial charge in [-0.25, -0.2) is 13.9 Å². The zero-order valence-corrected chi connectivity index (χ0v) is 19.7. The first-order valence-electron chi connectivity index (χ1n) is 11.6. The molecule has 5 rings (SSSR count). The lowest BCUT2D eigenvalue weighted by Crippen LogP contribution is -2.58. The summed E-state index contributed by atoms with van der Waals surface area (Å²) in [6, 6.07) is 25.4. The van der Waals surface area contributed by atoms with E-state index in [0.717, 1.165) is 35.1 Å². The average Bonchev–Trinajstić information content (AvgIpc) is 3.74. The van der Waals surface area contributed by atoms with Crippen molar-refractivity contribution in [2.45, 2.75) is 41.4 Å². The summed E-state index contributed by atoms with van der Waals surface area (Å²) in [6.45, 7) is 1.06. The molecule has 2 fully saturated rings. The number of rotatable bonds is 6. The summed E-state index contributed by atoms with van der Waals surface area (Å²) in [6.07, 6.45) is 2.58. The van der Waals surface area contributed by atoms with Gasteiger partial charge in [-0.05, 0) is 60.1 Å². The SMILES string of the molecule is O=C(NO)C1(S(=O)(=O)c2ccc(-c3ccc(-c4ccccc4)cc3)cc2)CCN(C2CC2)CC1. The molecule has 1 aliphatic carbocycles. The second kappa shape index (κ2) is 8.98. The maximum atomic E-state index is 13.7. The van der Waals surface area contributed by atoms with Gasteiger partial charge < -0.3 is 4.90 Å². The number of hydroxylamine groups is 1. The minimum Gasteiger partial charge on any atom is -0.300 e. The second-order valence-corrected chi connectivity index (χ2v) is 11.4. The van der Waals surface area contributed by atoms with E-state index >= 15 is 0 Å². The van der Waals surface area contributed by atoms with E-state index in [1.54, 1.807) is 29.7 Å². The lowest BCUT2D eigenvalue weighted by molar-refractivity contribution is -0.133.